The number of benzene rings is 1. The summed E-state index contributed by atoms with van der Waals surface area (Å²) in [6, 6.07) is 5.55. The Morgan fingerprint density at radius 2 is 2.06 bits per heavy atom. The van der Waals surface area contributed by atoms with Gasteiger partial charge in [0.15, 0.2) is 0 Å². The summed E-state index contributed by atoms with van der Waals surface area (Å²) in [5, 5.41) is 14.3. The fourth-order valence-electron chi connectivity index (χ4n) is 2.24. The highest BCUT2D eigenvalue weighted by molar-refractivity contribution is 5.45. The van der Waals surface area contributed by atoms with Crippen molar-refractivity contribution in [3.8, 4) is 0 Å². The highest BCUT2D eigenvalue weighted by atomic mass is 16.6. The second-order valence-corrected chi connectivity index (χ2v) is 5.15. The number of aryl methyl sites for hydroxylation is 1. The highest BCUT2D eigenvalue weighted by Gasteiger charge is 2.19. The zero-order chi connectivity index (χ0) is 13.7. The number of likely N-dealkylation sites (N-methyl/N-ethyl adjacent to an activating group) is 1. The Morgan fingerprint density at radius 3 is 2.56 bits per heavy atom. The molecule has 0 saturated heterocycles. The molecule has 0 radical (unpaired) electrons. The van der Waals surface area contributed by atoms with Gasteiger partial charge in [0.2, 0.25) is 0 Å². The van der Waals surface area contributed by atoms with Crippen molar-refractivity contribution in [2.75, 3.05) is 7.05 Å². The molecule has 4 heteroatoms. The standard InChI is InChI=1S/C14H22N2O2/c1-10(2)8-12(15-4)9-13-11(3)6-5-7-14(13)16(17)18/h5-7,10,12,15H,8-9H2,1-4H3. The van der Waals surface area contributed by atoms with E-state index < -0.39 is 0 Å². The zero-order valence-electron chi connectivity index (χ0n) is 11.6. The van der Waals surface area contributed by atoms with Crippen LogP contribution in [-0.2, 0) is 6.42 Å². The van der Waals surface area contributed by atoms with Gasteiger partial charge in [0.05, 0.1) is 4.92 Å². The first-order valence-corrected chi connectivity index (χ1v) is 6.35. The van der Waals surface area contributed by atoms with Gasteiger partial charge in [-0.15, -0.1) is 0 Å². The van der Waals surface area contributed by atoms with E-state index in [4.69, 9.17) is 0 Å². The van der Waals surface area contributed by atoms with Crippen LogP contribution in [0.4, 0.5) is 5.69 Å². The monoisotopic (exact) mass is 250 g/mol. The molecule has 100 valence electrons. The Morgan fingerprint density at radius 1 is 1.39 bits per heavy atom. The fourth-order valence-corrected chi connectivity index (χ4v) is 2.24. The lowest BCUT2D eigenvalue weighted by atomic mass is 9.94. The topological polar surface area (TPSA) is 55.2 Å². The molecule has 0 aliphatic heterocycles. The molecule has 4 nitrogen and oxygen atoms in total. The molecule has 0 fully saturated rings. The molecule has 0 aromatic heterocycles. The Hall–Kier alpha value is -1.42. The number of hydrogen-bond donors (Lipinski definition) is 1. The summed E-state index contributed by atoms with van der Waals surface area (Å²) in [6.45, 7) is 6.26. The normalized spacial score (nSPS) is 12.7. The van der Waals surface area contributed by atoms with Crippen LogP contribution in [0, 0.1) is 23.0 Å². The zero-order valence-corrected chi connectivity index (χ0v) is 11.6. The van der Waals surface area contributed by atoms with E-state index in [1.165, 1.54) is 0 Å². The van der Waals surface area contributed by atoms with Crippen LogP contribution in [-0.4, -0.2) is 18.0 Å². The van der Waals surface area contributed by atoms with Crippen molar-refractivity contribution in [3.05, 3.63) is 39.4 Å². The van der Waals surface area contributed by atoms with Gasteiger partial charge in [0, 0.05) is 17.7 Å². The lowest BCUT2D eigenvalue weighted by Gasteiger charge is -2.19. The maximum Gasteiger partial charge on any atom is 0.272 e. The van der Waals surface area contributed by atoms with Crippen molar-refractivity contribution < 1.29 is 4.92 Å². The maximum absolute atomic E-state index is 11.1. The van der Waals surface area contributed by atoms with E-state index in [9.17, 15) is 10.1 Å². The van der Waals surface area contributed by atoms with Crippen LogP contribution in [0.5, 0.6) is 0 Å². The number of nitro groups is 1. The first-order chi connectivity index (χ1) is 8.45. The van der Waals surface area contributed by atoms with Crippen molar-refractivity contribution in [3.63, 3.8) is 0 Å². The van der Waals surface area contributed by atoms with E-state index in [2.05, 4.69) is 19.2 Å². The molecule has 18 heavy (non-hydrogen) atoms. The molecule has 1 atom stereocenters. The number of hydrogen-bond acceptors (Lipinski definition) is 3. The molecule has 0 heterocycles. The van der Waals surface area contributed by atoms with Gasteiger partial charge in [-0.05, 0) is 38.3 Å². The van der Waals surface area contributed by atoms with E-state index in [1.54, 1.807) is 12.1 Å². The molecule has 0 aliphatic rings. The van der Waals surface area contributed by atoms with Crippen molar-refractivity contribution in [1.29, 1.82) is 0 Å². The van der Waals surface area contributed by atoms with Crippen molar-refractivity contribution in [2.45, 2.75) is 39.7 Å². The average molecular weight is 250 g/mol. The largest absolute Gasteiger partial charge is 0.317 e. The summed E-state index contributed by atoms with van der Waals surface area (Å²) < 4.78 is 0. The predicted molar refractivity (Wildman–Crippen MR) is 73.8 cm³/mol. The quantitative estimate of drug-likeness (QED) is 0.623. The van der Waals surface area contributed by atoms with E-state index >= 15 is 0 Å². The molecule has 1 rings (SSSR count). The van der Waals surface area contributed by atoms with Gasteiger partial charge in [-0.1, -0.05) is 26.0 Å². The van der Waals surface area contributed by atoms with Gasteiger partial charge in [0.25, 0.3) is 5.69 Å². The van der Waals surface area contributed by atoms with Crippen LogP contribution >= 0.6 is 0 Å². The predicted octanol–water partition coefficient (Wildman–Crippen LogP) is 3.08. The Bertz CT molecular complexity index is 416. The summed E-state index contributed by atoms with van der Waals surface area (Å²) in [4.78, 5) is 10.8. The third-order valence-corrected chi connectivity index (χ3v) is 3.20. The molecule has 1 aromatic carbocycles. The molecule has 0 aliphatic carbocycles. The lowest BCUT2D eigenvalue weighted by Crippen LogP contribution is -2.29. The van der Waals surface area contributed by atoms with Crippen molar-refractivity contribution >= 4 is 5.69 Å². The minimum absolute atomic E-state index is 0.235. The van der Waals surface area contributed by atoms with Gasteiger partial charge >= 0.3 is 0 Å². The van der Waals surface area contributed by atoms with Gasteiger partial charge in [-0.25, -0.2) is 0 Å². The first-order valence-electron chi connectivity index (χ1n) is 6.35. The van der Waals surface area contributed by atoms with E-state index in [1.807, 2.05) is 20.0 Å². The van der Waals surface area contributed by atoms with Crippen LogP contribution in [0.2, 0.25) is 0 Å². The second kappa shape index (κ2) is 6.50. The summed E-state index contributed by atoms with van der Waals surface area (Å²) in [7, 11) is 1.91. The van der Waals surface area contributed by atoms with Gasteiger partial charge in [0.1, 0.15) is 0 Å². The summed E-state index contributed by atoms with van der Waals surface area (Å²) in [5.74, 6) is 0.575. The molecule has 0 spiro atoms. The van der Waals surface area contributed by atoms with E-state index in [0.29, 0.717) is 12.3 Å². The smallest absolute Gasteiger partial charge is 0.272 e. The molecule has 0 amide bonds. The van der Waals surface area contributed by atoms with Crippen LogP contribution in [0.1, 0.15) is 31.4 Å². The molecule has 1 unspecified atom stereocenters. The van der Waals surface area contributed by atoms with Crippen LogP contribution in [0.3, 0.4) is 0 Å². The minimum Gasteiger partial charge on any atom is -0.317 e. The summed E-state index contributed by atoms with van der Waals surface area (Å²) >= 11 is 0. The molecule has 1 N–H and O–H groups in total. The average Bonchev–Trinajstić information content (AvgIpc) is 2.29. The third-order valence-electron chi connectivity index (χ3n) is 3.20. The minimum atomic E-state index is -0.287. The highest BCUT2D eigenvalue weighted by Crippen LogP contribution is 2.24. The van der Waals surface area contributed by atoms with Crippen LogP contribution in [0.25, 0.3) is 0 Å². The van der Waals surface area contributed by atoms with Crippen molar-refractivity contribution in [1.82, 2.24) is 5.32 Å². The molecular formula is C14H22N2O2. The van der Waals surface area contributed by atoms with E-state index in [0.717, 1.165) is 17.5 Å². The van der Waals surface area contributed by atoms with E-state index in [-0.39, 0.29) is 16.7 Å². The Balaban J connectivity index is 2.97. The van der Waals surface area contributed by atoms with Crippen molar-refractivity contribution in [2.24, 2.45) is 5.92 Å². The number of nitrogens with zero attached hydrogens (tertiary/aromatic N) is 1. The molecule has 0 saturated carbocycles. The van der Waals surface area contributed by atoms with Gasteiger partial charge in [-0.2, -0.15) is 0 Å². The number of nitro benzene ring substituents is 1. The lowest BCUT2D eigenvalue weighted by molar-refractivity contribution is -0.385. The SMILES string of the molecule is CNC(Cc1c(C)cccc1[N+](=O)[O-])CC(C)C. The second-order valence-electron chi connectivity index (χ2n) is 5.15. The first kappa shape index (κ1) is 14.6. The number of nitrogens with one attached hydrogen (secondary N) is 1. The molecule has 0 bridgehead atoms. The molecular weight excluding hydrogens is 228 g/mol. The third kappa shape index (κ3) is 3.81. The summed E-state index contributed by atoms with van der Waals surface area (Å²) in [6.07, 6.45) is 1.72. The van der Waals surface area contributed by atoms with Crippen LogP contribution < -0.4 is 5.32 Å². The molecule has 1 aromatic rings. The fraction of sp³-hybridized carbons (Fsp3) is 0.571. The van der Waals surface area contributed by atoms with Gasteiger partial charge < -0.3 is 5.32 Å². The Labute approximate surface area is 109 Å². The number of rotatable bonds is 6. The Kier molecular flexibility index (Phi) is 5.28. The maximum atomic E-state index is 11.1. The van der Waals surface area contributed by atoms with Crippen LogP contribution in [0.15, 0.2) is 18.2 Å². The summed E-state index contributed by atoms with van der Waals surface area (Å²) in [5.41, 5.74) is 2.08. The van der Waals surface area contributed by atoms with Gasteiger partial charge in [-0.3, -0.25) is 10.1 Å².